The Morgan fingerprint density at radius 1 is 1.42 bits per heavy atom. The number of piperazine rings is 1. The fourth-order valence-corrected chi connectivity index (χ4v) is 3.06. The van der Waals surface area contributed by atoms with Gasteiger partial charge in [0.05, 0.1) is 12.6 Å². The summed E-state index contributed by atoms with van der Waals surface area (Å²) in [4.78, 5) is 2.00. The van der Waals surface area contributed by atoms with Gasteiger partial charge in [-0.2, -0.15) is 17.4 Å². The Balaban J connectivity index is 2.46. The van der Waals surface area contributed by atoms with Crippen molar-refractivity contribution >= 4 is 16.0 Å². The van der Waals surface area contributed by atoms with Crippen LogP contribution in [0, 0.1) is 5.41 Å². The number of nitrogens with one attached hydrogen (secondary N) is 2. The Bertz CT molecular complexity index is 392. The van der Waals surface area contributed by atoms with Crippen LogP contribution in [0.25, 0.3) is 0 Å². The second-order valence-corrected chi connectivity index (χ2v) is 6.21. The Labute approximate surface area is 114 Å². The minimum atomic E-state index is -3.43. The van der Waals surface area contributed by atoms with Crippen LogP contribution in [0.15, 0.2) is 0 Å². The Kier molecular flexibility index (Phi) is 6.14. The van der Waals surface area contributed by atoms with Crippen LogP contribution in [0.2, 0.25) is 0 Å². The van der Waals surface area contributed by atoms with E-state index in [9.17, 15) is 8.42 Å². The average molecular weight is 293 g/mol. The van der Waals surface area contributed by atoms with Gasteiger partial charge in [0.25, 0.3) is 10.2 Å². The topological polar surface area (TPSA) is 112 Å². The third-order valence-corrected chi connectivity index (χ3v) is 4.82. The lowest BCUT2D eigenvalue weighted by Crippen LogP contribution is -2.56. The molecule has 0 bridgehead atoms. The number of nitrogens with zero attached hydrogens (tertiary/aromatic N) is 2. The minimum absolute atomic E-state index is 0.106. The number of hydrogen-bond acceptors (Lipinski definition) is 5. The molecule has 0 radical (unpaired) electrons. The molecular formula is C10H23N5O3S. The van der Waals surface area contributed by atoms with E-state index in [1.165, 1.54) is 11.4 Å². The number of rotatable bonds is 7. The van der Waals surface area contributed by atoms with E-state index in [0.717, 1.165) is 0 Å². The molecule has 1 rings (SSSR count). The van der Waals surface area contributed by atoms with Crippen molar-refractivity contribution in [2.75, 3.05) is 46.4 Å². The third-order valence-electron chi connectivity index (χ3n) is 3.20. The molecule has 19 heavy (non-hydrogen) atoms. The normalized spacial score (nSPS) is 20.3. The lowest BCUT2D eigenvalue weighted by Gasteiger charge is -2.36. The highest BCUT2D eigenvalue weighted by Crippen LogP contribution is 2.09. The molecular weight excluding hydrogens is 270 g/mol. The van der Waals surface area contributed by atoms with E-state index in [4.69, 9.17) is 15.9 Å². The van der Waals surface area contributed by atoms with Crippen LogP contribution in [-0.2, 0) is 14.9 Å². The predicted octanol–water partition coefficient (Wildman–Crippen LogP) is -1.59. The van der Waals surface area contributed by atoms with Crippen LogP contribution in [0.5, 0.6) is 0 Å². The molecule has 0 saturated carbocycles. The molecule has 0 aromatic heterocycles. The first-order valence-electron chi connectivity index (χ1n) is 6.20. The predicted molar refractivity (Wildman–Crippen MR) is 73.3 cm³/mol. The fourth-order valence-electron chi connectivity index (χ4n) is 1.89. The Morgan fingerprint density at radius 3 is 2.47 bits per heavy atom. The van der Waals surface area contributed by atoms with Crippen molar-refractivity contribution in [3.63, 3.8) is 0 Å². The third kappa shape index (κ3) is 4.69. The van der Waals surface area contributed by atoms with Gasteiger partial charge >= 0.3 is 0 Å². The van der Waals surface area contributed by atoms with Crippen LogP contribution in [0.3, 0.4) is 0 Å². The van der Waals surface area contributed by atoms with Crippen molar-refractivity contribution < 1.29 is 13.2 Å². The molecule has 112 valence electrons. The molecule has 0 aromatic rings. The maximum atomic E-state index is 11.9. The molecule has 1 aliphatic heterocycles. The van der Waals surface area contributed by atoms with Gasteiger partial charge < -0.3 is 10.5 Å². The molecule has 1 heterocycles. The van der Waals surface area contributed by atoms with Gasteiger partial charge in [0.2, 0.25) is 0 Å². The molecule has 8 nitrogen and oxygen atoms in total. The molecule has 0 spiro atoms. The van der Waals surface area contributed by atoms with E-state index in [0.29, 0.717) is 32.8 Å². The summed E-state index contributed by atoms with van der Waals surface area (Å²) in [5.74, 6) is 0.106. The summed E-state index contributed by atoms with van der Waals surface area (Å²) in [6.45, 7) is 4.42. The van der Waals surface area contributed by atoms with Crippen molar-refractivity contribution in [1.82, 2.24) is 13.9 Å². The highest BCUT2D eigenvalue weighted by molar-refractivity contribution is 7.87. The van der Waals surface area contributed by atoms with E-state index in [2.05, 4.69) is 4.72 Å². The smallest absolute Gasteiger partial charge is 0.279 e. The Hall–Kier alpha value is -0.740. The zero-order valence-electron chi connectivity index (χ0n) is 11.4. The molecule has 1 unspecified atom stereocenters. The fraction of sp³-hybridized carbons (Fsp3) is 0.900. The molecule has 9 heteroatoms. The van der Waals surface area contributed by atoms with Crippen LogP contribution >= 0.6 is 0 Å². The summed E-state index contributed by atoms with van der Waals surface area (Å²) in [6, 6.07) is -0.147. The van der Waals surface area contributed by atoms with Crippen molar-refractivity contribution in [1.29, 1.82) is 5.41 Å². The standard InChI is InChI=1S/C10H23N5O3S/c1-9(10(11)12)14-4-6-15(7-5-14)19(16,17)13-3-8-18-2/h9,13H,3-8H2,1-2H3,(H3,11,12). The summed E-state index contributed by atoms with van der Waals surface area (Å²) in [6.07, 6.45) is 0. The number of methoxy groups -OCH3 is 1. The summed E-state index contributed by atoms with van der Waals surface area (Å²) in [7, 11) is -1.91. The average Bonchev–Trinajstić information content (AvgIpc) is 2.38. The van der Waals surface area contributed by atoms with Gasteiger partial charge in [-0.3, -0.25) is 10.3 Å². The number of nitrogens with two attached hydrogens (primary N) is 1. The van der Waals surface area contributed by atoms with Gasteiger partial charge in [0.15, 0.2) is 0 Å². The Morgan fingerprint density at radius 2 is 2.00 bits per heavy atom. The first-order valence-corrected chi connectivity index (χ1v) is 7.64. The summed E-state index contributed by atoms with van der Waals surface area (Å²) >= 11 is 0. The number of amidine groups is 1. The van der Waals surface area contributed by atoms with Crippen LogP contribution in [-0.4, -0.2) is 75.9 Å². The second-order valence-electron chi connectivity index (χ2n) is 4.46. The van der Waals surface area contributed by atoms with E-state index in [1.807, 2.05) is 11.8 Å². The molecule has 1 aliphatic rings. The molecule has 1 fully saturated rings. The van der Waals surface area contributed by atoms with Gasteiger partial charge in [0, 0.05) is 39.8 Å². The highest BCUT2D eigenvalue weighted by Gasteiger charge is 2.28. The van der Waals surface area contributed by atoms with E-state index in [-0.39, 0.29) is 18.4 Å². The monoisotopic (exact) mass is 293 g/mol. The summed E-state index contributed by atoms with van der Waals surface area (Å²) < 4.78 is 32.6. The first-order chi connectivity index (χ1) is 8.88. The van der Waals surface area contributed by atoms with Gasteiger partial charge in [-0.15, -0.1) is 0 Å². The molecule has 0 aromatic carbocycles. The lowest BCUT2D eigenvalue weighted by molar-refractivity contribution is 0.171. The van der Waals surface area contributed by atoms with Crippen molar-refractivity contribution in [2.45, 2.75) is 13.0 Å². The number of ether oxygens (including phenoxy) is 1. The molecule has 0 aliphatic carbocycles. The maximum absolute atomic E-state index is 11.9. The summed E-state index contributed by atoms with van der Waals surface area (Å²) in [5, 5.41) is 7.40. The highest BCUT2D eigenvalue weighted by atomic mass is 32.2. The second kappa shape index (κ2) is 7.15. The SMILES string of the molecule is COCCNS(=O)(=O)N1CCN(C(C)C(=N)N)CC1. The largest absolute Gasteiger partial charge is 0.386 e. The molecule has 1 saturated heterocycles. The van der Waals surface area contributed by atoms with Crippen LogP contribution < -0.4 is 10.5 Å². The summed E-state index contributed by atoms with van der Waals surface area (Å²) in [5.41, 5.74) is 5.45. The quantitative estimate of drug-likeness (QED) is 0.298. The van der Waals surface area contributed by atoms with Gasteiger partial charge in [-0.05, 0) is 6.92 Å². The zero-order valence-corrected chi connectivity index (χ0v) is 12.2. The number of hydrogen-bond donors (Lipinski definition) is 3. The van der Waals surface area contributed by atoms with Crippen LogP contribution in [0.4, 0.5) is 0 Å². The van der Waals surface area contributed by atoms with Crippen LogP contribution in [0.1, 0.15) is 6.92 Å². The van der Waals surface area contributed by atoms with Gasteiger partial charge in [-0.25, -0.2) is 0 Å². The van der Waals surface area contributed by atoms with E-state index >= 15 is 0 Å². The van der Waals surface area contributed by atoms with E-state index < -0.39 is 10.2 Å². The maximum Gasteiger partial charge on any atom is 0.279 e. The molecule has 1 atom stereocenters. The first kappa shape index (κ1) is 16.3. The van der Waals surface area contributed by atoms with Gasteiger partial charge in [0.1, 0.15) is 5.84 Å². The van der Waals surface area contributed by atoms with Crippen molar-refractivity contribution in [3.05, 3.63) is 0 Å². The lowest BCUT2D eigenvalue weighted by atomic mass is 10.2. The van der Waals surface area contributed by atoms with E-state index in [1.54, 1.807) is 0 Å². The van der Waals surface area contributed by atoms with Crippen molar-refractivity contribution in [2.24, 2.45) is 5.73 Å². The minimum Gasteiger partial charge on any atom is -0.386 e. The molecule has 0 amide bonds. The van der Waals surface area contributed by atoms with Crippen molar-refractivity contribution in [3.8, 4) is 0 Å². The zero-order chi connectivity index (χ0) is 14.5. The van der Waals surface area contributed by atoms with Gasteiger partial charge in [-0.1, -0.05) is 0 Å². The molecule has 4 N–H and O–H groups in total.